The van der Waals surface area contributed by atoms with Crippen LogP contribution in [0.15, 0.2) is 54.6 Å². The third kappa shape index (κ3) is 1.77. The molecule has 1 aliphatic heterocycles. The molecule has 2 aromatic rings. The van der Waals surface area contributed by atoms with Gasteiger partial charge in [-0.05, 0) is 43.9 Å². The fourth-order valence-electron chi connectivity index (χ4n) is 5.63. The molecule has 3 aliphatic rings. The molecule has 1 heterocycles. The quantitative estimate of drug-likeness (QED) is 0.733. The molecule has 3 atom stereocenters. The van der Waals surface area contributed by atoms with Gasteiger partial charge in [-0.2, -0.15) is 0 Å². The number of carbonyl (C=O) groups is 1. The van der Waals surface area contributed by atoms with E-state index in [-0.39, 0.29) is 16.4 Å². The largest absolute Gasteiger partial charge is 0.457 e. The van der Waals surface area contributed by atoms with E-state index in [9.17, 15) is 4.79 Å². The minimum absolute atomic E-state index is 0.0485. The summed E-state index contributed by atoms with van der Waals surface area (Å²) < 4.78 is 12.7. The lowest BCUT2D eigenvalue weighted by atomic mass is 9.36. The predicted molar refractivity (Wildman–Crippen MR) is 94.6 cm³/mol. The van der Waals surface area contributed by atoms with Gasteiger partial charge in [-0.1, -0.05) is 36.4 Å². The van der Waals surface area contributed by atoms with Gasteiger partial charge in [0.1, 0.15) is 23.4 Å². The Morgan fingerprint density at radius 2 is 1.72 bits per heavy atom. The van der Waals surface area contributed by atoms with Crippen LogP contribution in [0.1, 0.15) is 37.7 Å². The number of rotatable bonds is 5. The van der Waals surface area contributed by atoms with E-state index in [1.54, 1.807) is 0 Å². The van der Waals surface area contributed by atoms with Crippen LogP contribution in [0.5, 0.6) is 11.5 Å². The Bertz CT molecular complexity index is 813. The highest BCUT2D eigenvalue weighted by Crippen LogP contribution is 2.81. The molecule has 0 radical (unpaired) electrons. The van der Waals surface area contributed by atoms with Gasteiger partial charge < -0.3 is 14.3 Å². The van der Waals surface area contributed by atoms with Crippen LogP contribution in [-0.4, -0.2) is 12.9 Å². The minimum Gasteiger partial charge on any atom is -0.457 e. The van der Waals surface area contributed by atoms with Gasteiger partial charge in [0.2, 0.25) is 0 Å². The summed E-state index contributed by atoms with van der Waals surface area (Å²) in [6.07, 6.45) is 6.14. The van der Waals surface area contributed by atoms with Crippen LogP contribution in [0.25, 0.3) is 0 Å². The van der Waals surface area contributed by atoms with Crippen molar-refractivity contribution in [1.82, 2.24) is 0 Å². The topological polar surface area (TPSA) is 35.5 Å². The van der Waals surface area contributed by atoms with E-state index in [1.807, 2.05) is 42.5 Å². The number of para-hydroxylation sites is 2. The molecule has 0 amide bonds. The van der Waals surface area contributed by atoms with E-state index in [0.29, 0.717) is 13.0 Å². The zero-order valence-electron chi connectivity index (χ0n) is 14.2. The summed E-state index contributed by atoms with van der Waals surface area (Å²) in [6, 6.07) is 18.2. The first-order valence-corrected chi connectivity index (χ1v) is 9.15. The second kappa shape index (κ2) is 5.18. The maximum absolute atomic E-state index is 11.3. The zero-order chi connectivity index (χ0) is 17.0. The predicted octanol–water partition coefficient (Wildman–Crippen LogP) is 4.85. The van der Waals surface area contributed by atoms with Crippen molar-refractivity contribution in [2.24, 2.45) is 10.8 Å². The average molecular weight is 334 g/mol. The molecule has 1 saturated heterocycles. The molecule has 0 aromatic heterocycles. The Kier molecular flexibility index (Phi) is 3.14. The Morgan fingerprint density at radius 3 is 2.40 bits per heavy atom. The number of benzene rings is 2. The number of carbonyl (C=O) groups excluding carboxylic acids is 1. The monoisotopic (exact) mass is 334 g/mol. The summed E-state index contributed by atoms with van der Waals surface area (Å²) in [5.74, 6) is 1.71. The lowest BCUT2D eigenvalue weighted by Crippen LogP contribution is -2.64. The minimum atomic E-state index is -0.278. The standard InChI is InChI=1S/C22H22O3/c23-15-14-20-10-11-21(20)12-13-22(21,24-16-20)18-8-4-5-9-19(18)25-17-6-2-1-3-7-17/h1-9,15H,10-14,16H2. The molecule has 3 heteroatoms. The molecule has 25 heavy (non-hydrogen) atoms. The first kappa shape index (κ1) is 15.2. The van der Waals surface area contributed by atoms with Crippen LogP contribution in [0.3, 0.4) is 0 Å². The molecule has 0 bridgehead atoms. The molecule has 5 rings (SSSR count). The third-order valence-electron chi connectivity index (χ3n) is 7.08. The average Bonchev–Trinajstić information content (AvgIpc) is 2.72. The molecule has 128 valence electrons. The molecular formula is C22H22O3. The Hall–Kier alpha value is -2.13. The maximum Gasteiger partial charge on any atom is 0.133 e. The second-order valence-corrected chi connectivity index (χ2v) is 7.76. The van der Waals surface area contributed by atoms with E-state index >= 15 is 0 Å². The van der Waals surface area contributed by atoms with Crippen molar-refractivity contribution < 1.29 is 14.3 Å². The molecule has 3 nitrogen and oxygen atoms in total. The van der Waals surface area contributed by atoms with Gasteiger partial charge in [-0.25, -0.2) is 0 Å². The van der Waals surface area contributed by atoms with Crippen LogP contribution in [0.2, 0.25) is 0 Å². The van der Waals surface area contributed by atoms with E-state index in [1.165, 1.54) is 0 Å². The number of aldehydes is 1. The maximum atomic E-state index is 11.3. The number of hydrogen-bond donors (Lipinski definition) is 0. The van der Waals surface area contributed by atoms with Crippen molar-refractivity contribution in [3.8, 4) is 11.5 Å². The molecule has 3 fully saturated rings. The fourth-order valence-corrected chi connectivity index (χ4v) is 5.63. The normalized spacial score (nSPS) is 35.0. The van der Waals surface area contributed by atoms with Crippen LogP contribution >= 0.6 is 0 Å². The van der Waals surface area contributed by atoms with Gasteiger partial charge in [-0.15, -0.1) is 0 Å². The lowest BCUT2D eigenvalue weighted by molar-refractivity contribution is -0.209. The first-order valence-electron chi connectivity index (χ1n) is 9.15. The van der Waals surface area contributed by atoms with E-state index in [4.69, 9.17) is 9.47 Å². The summed E-state index contributed by atoms with van der Waals surface area (Å²) in [5, 5.41) is 0. The Morgan fingerprint density at radius 1 is 0.960 bits per heavy atom. The first-order chi connectivity index (χ1) is 12.3. The van der Waals surface area contributed by atoms with Gasteiger partial charge in [0.25, 0.3) is 0 Å². The highest BCUT2D eigenvalue weighted by molar-refractivity contribution is 5.55. The van der Waals surface area contributed by atoms with Gasteiger partial charge in [0, 0.05) is 22.8 Å². The van der Waals surface area contributed by atoms with Gasteiger partial charge in [0.15, 0.2) is 0 Å². The van der Waals surface area contributed by atoms with Crippen LogP contribution in [0.4, 0.5) is 0 Å². The van der Waals surface area contributed by atoms with Crippen LogP contribution in [0, 0.1) is 10.8 Å². The number of ether oxygens (including phenoxy) is 2. The SMILES string of the molecule is O=CCC12CCC13CCC3(c1ccccc1Oc1ccccc1)OC2. The Balaban J connectivity index is 1.56. The van der Waals surface area contributed by atoms with Gasteiger partial charge in [0.05, 0.1) is 6.61 Å². The van der Waals surface area contributed by atoms with Gasteiger partial charge in [-0.3, -0.25) is 0 Å². The van der Waals surface area contributed by atoms with Crippen molar-refractivity contribution in [2.45, 2.75) is 37.7 Å². The summed E-state index contributed by atoms with van der Waals surface area (Å²) in [6.45, 7) is 0.700. The molecule has 3 unspecified atom stereocenters. The molecule has 2 saturated carbocycles. The van der Waals surface area contributed by atoms with Gasteiger partial charge >= 0.3 is 0 Å². The second-order valence-electron chi connectivity index (χ2n) is 7.76. The van der Waals surface area contributed by atoms with Crippen molar-refractivity contribution in [1.29, 1.82) is 0 Å². The Labute approximate surface area is 148 Å². The molecule has 1 spiro atoms. The molecule has 2 aromatic carbocycles. The number of hydrogen-bond acceptors (Lipinski definition) is 3. The summed E-state index contributed by atoms with van der Waals surface area (Å²) in [4.78, 5) is 11.3. The van der Waals surface area contributed by atoms with Crippen molar-refractivity contribution >= 4 is 6.29 Å². The summed E-state index contributed by atoms with van der Waals surface area (Å²) >= 11 is 0. The van der Waals surface area contributed by atoms with E-state index in [0.717, 1.165) is 49.0 Å². The molecule has 2 aliphatic carbocycles. The smallest absolute Gasteiger partial charge is 0.133 e. The van der Waals surface area contributed by atoms with Crippen molar-refractivity contribution in [2.75, 3.05) is 6.61 Å². The van der Waals surface area contributed by atoms with Crippen LogP contribution in [-0.2, 0) is 15.1 Å². The highest BCUT2D eigenvalue weighted by atomic mass is 16.5. The molecule has 0 N–H and O–H groups in total. The summed E-state index contributed by atoms with van der Waals surface area (Å²) in [7, 11) is 0. The fraction of sp³-hybridized carbons (Fsp3) is 0.409. The summed E-state index contributed by atoms with van der Waals surface area (Å²) in [5.41, 5.74) is 1.04. The van der Waals surface area contributed by atoms with Crippen molar-refractivity contribution in [3.05, 3.63) is 60.2 Å². The van der Waals surface area contributed by atoms with E-state index < -0.39 is 0 Å². The van der Waals surface area contributed by atoms with Crippen molar-refractivity contribution in [3.63, 3.8) is 0 Å². The van der Waals surface area contributed by atoms with Crippen LogP contribution < -0.4 is 4.74 Å². The third-order valence-corrected chi connectivity index (χ3v) is 7.08. The zero-order valence-corrected chi connectivity index (χ0v) is 14.2. The van der Waals surface area contributed by atoms with E-state index in [2.05, 4.69) is 12.1 Å². The lowest BCUT2D eigenvalue weighted by Gasteiger charge is -2.66. The molecular weight excluding hydrogens is 312 g/mol. The highest BCUT2D eigenvalue weighted by Gasteiger charge is 2.78.